The minimum Gasteiger partial charge on any atom is -0.336 e. The molecule has 100 valence electrons. The molecule has 1 amide bonds. The van der Waals surface area contributed by atoms with Gasteiger partial charge in [-0.25, -0.2) is 0 Å². The molecule has 0 aliphatic carbocycles. The molecule has 18 heavy (non-hydrogen) atoms. The minimum absolute atomic E-state index is 0.130. The molecule has 0 fully saturated rings. The molecule has 0 radical (unpaired) electrons. The number of amides is 1. The first-order chi connectivity index (χ1) is 8.61. The van der Waals surface area contributed by atoms with Crippen LogP contribution in [0.25, 0.3) is 0 Å². The predicted octanol–water partition coefficient (Wildman–Crippen LogP) is 4.49. The van der Waals surface area contributed by atoms with E-state index in [1.54, 1.807) is 0 Å². The van der Waals surface area contributed by atoms with Gasteiger partial charge in [0, 0.05) is 17.1 Å². The molecule has 1 aromatic rings. The number of rotatable bonds is 6. The van der Waals surface area contributed by atoms with Crippen molar-refractivity contribution in [2.45, 2.75) is 46.1 Å². The highest BCUT2D eigenvalue weighted by molar-refractivity contribution is 9.10. The van der Waals surface area contributed by atoms with Gasteiger partial charge >= 0.3 is 0 Å². The zero-order chi connectivity index (χ0) is 13.5. The molecule has 0 saturated carbocycles. The standard InChI is InChI=1S/C15H22BrNO/c1-4-6-11-17(12(3)5-2)15(18)13-9-7-8-10-14(13)16/h7-10,12H,4-6,11H2,1-3H3. The third kappa shape index (κ3) is 3.84. The van der Waals surface area contributed by atoms with Crippen molar-refractivity contribution in [3.63, 3.8) is 0 Å². The second kappa shape index (κ2) is 7.57. The summed E-state index contributed by atoms with van der Waals surface area (Å²) in [6.45, 7) is 7.23. The summed E-state index contributed by atoms with van der Waals surface area (Å²) in [5.41, 5.74) is 0.758. The Hall–Kier alpha value is -0.830. The van der Waals surface area contributed by atoms with E-state index >= 15 is 0 Å². The van der Waals surface area contributed by atoms with Crippen LogP contribution in [0, 0.1) is 0 Å². The fourth-order valence-corrected chi connectivity index (χ4v) is 2.31. The Balaban J connectivity index is 2.91. The number of carbonyl (C=O) groups excluding carboxylic acids is 1. The van der Waals surface area contributed by atoms with E-state index in [9.17, 15) is 4.79 Å². The van der Waals surface area contributed by atoms with Crippen molar-refractivity contribution >= 4 is 21.8 Å². The van der Waals surface area contributed by atoms with Gasteiger partial charge < -0.3 is 4.90 Å². The number of unbranched alkanes of at least 4 members (excludes halogenated alkanes) is 1. The molecule has 0 aliphatic heterocycles. The second-order valence-corrected chi connectivity index (χ2v) is 5.44. The van der Waals surface area contributed by atoms with Gasteiger partial charge in [0.15, 0.2) is 0 Å². The molecule has 2 nitrogen and oxygen atoms in total. The molecule has 1 atom stereocenters. The predicted molar refractivity (Wildman–Crippen MR) is 79.8 cm³/mol. The molecule has 0 N–H and O–H groups in total. The summed E-state index contributed by atoms with van der Waals surface area (Å²) < 4.78 is 0.875. The lowest BCUT2D eigenvalue weighted by Gasteiger charge is -2.29. The normalized spacial score (nSPS) is 12.2. The summed E-state index contributed by atoms with van der Waals surface area (Å²) in [4.78, 5) is 14.6. The topological polar surface area (TPSA) is 20.3 Å². The molecule has 0 heterocycles. The highest BCUT2D eigenvalue weighted by Crippen LogP contribution is 2.20. The molecule has 0 bridgehead atoms. The van der Waals surface area contributed by atoms with E-state index < -0.39 is 0 Å². The molecule has 3 heteroatoms. The van der Waals surface area contributed by atoms with Gasteiger partial charge in [-0.1, -0.05) is 32.4 Å². The molecule has 1 unspecified atom stereocenters. The van der Waals surface area contributed by atoms with Crippen molar-refractivity contribution in [3.8, 4) is 0 Å². The van der Waals surface area contributed by atoms with Gasteiger partial charge in [-0.2, -0.15) is 0 Å². The van der Waals surface area contributed by atoms with Crippen LogP contribution in [0.5, 0.6) is 0 Å². The second-order valence-electron chi connectivity index (χ2n) is 4.59. The van der Waals surface area contributed by atoms with Gasteiger partial charge in [-0.3, -0.25) is 4.79 Å². The van der Waals surface area contributed by atoms with E-state index in [4.69, 9.17) is 0 Å². The van der Waals surface area contributed by atoms with Crippen molar-refractivity contribution < 1.29 is 4.79 Å². The zero-order valence-electron chi connectivity index (χ0n) is 11.4. The highest BCUT2D eigenvalue weighted by atomic mass is 79.9. The van der Waals surface area contributed by atoms with Gasteiger partial charge in [0.05, 0.1) is 5.56 Å². The molecule has 0 saturated heterocycles. The summed E-state index contributed by atoms with van der Waals surface area (Å²) in [7, 11) is 0. The number of halogens is 1. The van der Waals surface area contributed by atoms with E-state index in [1.807, 2.05) is 29.2 Å². The van der Waals surface area contributed by atoms with Crippen molar-refractivity contribution in [2.24, 2.45) is 0 Å². The molecule has 0 aromatic heterocycles. The summed E-state index contributed by atoms with van der Waals surface area (Å²) in [6.07, 6.45) is 3.15. The quantitative estimate of drug-likeness (QED) is 0.758. The largest absolute Gasteiger partial charge is 0.336 e. The van der Waals surface area contributed by atoms with Gasteiger partial charge in [0.2, 0.25) is 0 Å². The zero-order valence-corrected chi connectivity index (χ0v) is 13.0. The smallest absolute Gasteiger partial charge is 0.255 e. The first-order valence-corrected chi connectivity index (χ1v) is 7.46. The molecule has 0 aliphatic rings. The molecule has 0 spiro atoms. The Morgan fingerprint density at radius 2 is 2.00 bits per heavy atom. The lowest BCUT2D eigenvalue weighted by Crippen LogP contribution is -2.39. The lowest BCUT2D eigenvalue weighted by atomic mass is 10.1. The number of nitrogens with zero attached hydrogens (tertiary/aromatic N) is 1. The van der Waals surface area contributed by atoms with Crippen LogP contribution in [0.15, 0.2) is 28.7 Å². The summed E-state index contributed by atoms with van der Waals surface area (Å²) in [5, 5.41) is 0. The first kappa shape index (κ1) is 15.2. The van der Waals surface area contributed by atoms with Crippen LogP contribution in [0.4, 0.5) is 0 Å². The van der Waals surface area contributed by atoms with Crippen molar-refractivity contribution in [2.75, 3.05) is 6.54 Å². The Kier molecular flexibility index (Phi) is 6.41. The molecule has 1 aromatic carbocycles. The Bertz CT molecular complexity index is 392. The van der Waals surface area contributed by atoms with Crippen LogP contribution in [-0.2, 0) is 0 Å². The Morgan fingerprint density at radius 3 is 2.56 bits per heavy atom. The summed E-state index contributed by atoms with van der Waals surface area (Å²) in [5.74, 6) is 0.130. The average molecular weight is 312 g/mol. The monoisotopic (exact) mass is 311 g/mol. The van der Waals surface area contributed by atoms with Crippen molar-refractivity contribution in [1.82, 2.24) is 4.90 Å². The van der Waals surface area contributed by atoms with E-state index in [1.165, 1.54) is 0 Å². The fourth-order valence-electron chi connectivity index (χ4n) is 1.86. The van der Waals surface area contributed by atoms with Gasteiger partial charge in [0.25, 0.3) is 5.91 Å². The maximum Gasteiger partial charge on any atom is 0.255 e. The average Bonchev–Trinajstić information content (AvgIpc) is 2.39. The van der Waals surface area contributed by atoms with Gasteiger partial charge in [-0.15, -0.1) is 0 Å². The van der Waals surface area contributed by atoms with Crippen LogP contribution in [0.1, 0.15) is 50.4 Å². The maximum atomic E-state index is 12.6. The van der Waals surface area contributed by atoms with E-state index in [0.29, 0.717) is 0 Å². The van der Waals surface area contributed by atoms with Crippen LogP contribution in [0.3, 0.4) is 0 Å². The molecular weight excluding hydrogens is 290 g/mol. The lowest BCUT2D eigenvalue weighted by molar-refractivity contribution is 0.0684. The van der Waals surface area contributed by atoms with Gasteiger partial charge in [-0.05, 0) is 47.8 Å². The van der Waals surface area contributed by atoms with Crippen LogP contribution in [0.2, 0.25) is 0 Å². The number of hydrogen-bond donors (Lipinski definition) is 0. The Morgan fingerprint density at radius 1 is 1.33 bits per heavy atom. The number of hydrogen-bond acceptors (Lipinski definition) is 1. The molecule has 1 rings (SSSR count). The third-order valence-corrected chi connectivity index (χ3v) is 3.93. The van der Waals surface area contributed by atoms with Gasteiger partial charge in [0.1, 0.15) is 0 Å². The SMILES string of the molecule is CCCCN(C(=O)c1ccccc1Br)C(C)CC. The first-order valence-electron chi connectivity index (χ1n) is 6.67. The van der Waals surface area contributed by atoms with E-state index in [-0.39, 0.29) is 11.9 Å². The maximum absolute atomic E-state index is 12.6. The number of carbonyl (C=O) groups is 1. The third-order valence-electron chi connectivity index (χ3n) is 3.24. The molecular formula is C15H22BrNO. The number of benzene rings is 1. The van der Waals surface area contributed by atoms with Crippen LogP contribution in [-0.4, -0.2) is 23.4 Å². The van der Waals surface area contributed by atoms with E-state index in [0.717, 1.165) is 35.8 Å². The Labute approximate surface area is 119 Å². The highest BCUT2D eigenvalue weighted by Gasteiger charge is 2.21. The minimum atomic E-state index is 0.130. The fraction of sp³-hybridized carbons (Fsp3) is 0.533. The van der Waals surface area contributed by atoms with E-state index in [2.05, 4.69) is 36.7 Å². The van der Waals surface area contributed by atoms with Crippen molar-refractivity contribution in [3.05, 3.63) is 34.3 Å². The van der Waals surface area contributed by atoms with Crippen LogP contribution >= 0.6 is 15.9 Å². The summed E-state index contributed by atoms with van der Waals surface area (Å²) in [6, 6.07) is 7.93. The van der Waals surface area contributed by atoms with Crippen molar-refractivity contribution in [1.29, 1.82) is 0 Å². The summed E-state index contributed by atoms with van der Waals surface area (Å²) >= 11 is 3.46. The van der Waals surface area contributed by atoms with Crippen LogP contribution < -0.4 is 0 Å².